The van der Waals surface area contributed by atoms with Crippen LogP contribution in [0, 0.1) is 11.3 Å². The lowest BCUT2D eigenvalue weighted by molar-refractivity contribution is 0.116. The fourth-order valence-corrected chi connectivity index (χ4v) is 2.17. The van der Waals surface area contributed by atoms with E-state index in [-0.39, 0.29) is 5.41 Å². The Bertz CT molecular complexity index is 158. The molecule has 0 aromatic heterocycles. The summed E-state index contributed by atoms with van der Waals surface area (Å²) in [5.74, 6) is 0.759. The molecule has 1 saturated heterocycles. The van der Waals surface area contributed by atoms with Gasteiger partial charge in [-0.15, -0.1) is 0 Å². The molecule has 1 heterocycles. The minimum absolute atomic E-state index is 0.221. The van der Waals surface area contributed by atoms with E-state index in [1.165, 1.54) is 19.3 Å². The Morgan fingerprint density at radius 2 is 2.15 bits per heavy atom. The Hall–Kier alpha value is -0.0800. The van der Waals surface area contributed by atoms with Gasteiger partial charge in [0.2, 0.25) is 0 Å². The molecule has 0 radical (unpaired) electrons. The first-order valence-corrected chi connectivity index (χ1v) is 5.37. The van der Waals surface area contributed by atoms with Crippen molar-refractivity contribution in [2.24, 2.45) is 11.3 Å². The zero-order chi connectivity index (χ0) is 9.90. The van der Waals surface area contributed by atoms with Crippen molar-refractivity contribution < 1.29 is 5.11 Å². The highest BCUT2D eigenvalue weighted by Gasteiger charge is 2.35. The second-order valence-electron chi connectivity index (χ2n) is 5.08. The first-order valence-electron chi connectivity index (χ1n) is 5.37. The number of hydrogen-bond acceptors (Lipinski definition) is 2. The number of hydrogen-bond donors (Lipinski definition) is 1. The van der Waals surface area contributed by atoms with Crippen LogP contribution < -0.4 is 0 Å². The van der Waals surface area contributed by atoms with Gasteiger partial charge in [-0.2, -0.15) is 0 Å². The van der Waals surface area contributed by atoms with Crippen LogP contribution in [0.2, 0.25) is 0 Å². The van der Waals surface area contributed by atoms with Crippen molar-refractivity contribution in [1.82, 2.24) is 4.90 Å². The lowest BCUT2D eigenvalue weighted by atomic mass is 9.81. The average molecular weight is 185 g/mol. The molecule has 0 aliphatic carbocycles. The van der Waals surface area contributed by atoms with E-state index in [1.807, 2.05) is 0 Å². The van der Waals surface area contributed by atoms with Crippen molar-refractivity contribution in [3.8, 4) is 0 Å². The van der Waals surface area contributed by atoms with Crippen LogP contribution >= 0.6 is 0 Å². The Morgan fingerprint density at radius 1 is 1.46 bits per heavy atom. The average Bonchev–Trinajstić information content (AvgIpc) is 2.45. The lowest BCUT2D eigenvalue weighted by Crippen LogP contribution is -2.29. The molecule has 13 heavy (non-hydrogen) atoms. The number of rotatable bonds is 4. The van der Waals surface area contributed by atoms with Gasteiger partial charge in [0.1, 0.15) is 0 Å². The number of nitrogens with zero attached hydrogens (tertiary/aromatic N) is 1. The Morgan fingerprint density at radius 3 is 2.54 bits per heavy atom. The molecule has 1 rings (SSSR count). The molecule has 1 unspecified atom stereocenters. The first-order chi connectivity index (χ1) is 6.08. The molecule has 78 valence electrons. The standard InChI is InChI=1S/C11H23NO/c1-10(2)4-5-11(9-13)6-7-12(3)8-11/h10,13H,4-9H2,1-3H3. The molecule has 1 fully saturated rings. The molecule has 1 aliphatic rings. The van der Waals surface area contributed by atoms with Gasteiger partial charge in [-0.25, -0.2) is 0 Å². The topological polar surface area (TPSA) is 23.5 Å². The Kier molecular flexibility index (Phi) is 3.74. The predicted molar refractivity (Wildman–Crippen MR) is 55.7 cm³/mol. The number of aliphatic hydroxyl groups excluding tert-OH is 1. The fraction of sp³-hybridized carbons (Fsp3) is 1.00. The van der Waals surface area contributed by atoms with Crippen LogP contribution in [0.15, 0.2) is 0 Å². The molecule has 1 N–H and O–H groups in total. The molecular weight excluding hydrogens is 162 g/mol. The van der Waals surface area contributed by atoms with Gasteiger partial charge in [0.15, 0.2) is 0 Å². The van der Waals surface area contributed by atoms with E-state index in [0.717, 1.165) is 19.0 Å². The molecule has 0 amide bonds. The smallest absolute Gasteiger partial charge is 0.0500 e. The highest BCUT2D eigenvalue weighted by atomic mass is 16.3. The van der Waals surface area contributed by atoms with Crippen molar-refractivity contribution >= 4 is 0 Å². The lowest BCUT2D eigenvalue weighted by Gasteiger charge is -2.27. The summed E-state index contributed by atoms with van der Waals surface area (Å²) in [6.45, 7) is 7.10. The monoisotopic (exact) mass is 185 g/mol. The summed E-state index contributed by atoms with van der Waals surface area (Å²) in [6, 6.07) is 0. The maximum absolute atomic E-state index is 9.42. The molecule has 2 heteroatoms. The number of likely N-dealkylation sites (tertiary alicyclic amines) is 1. The highest BCUT2D eigenvalue weighted by molar-refractivity contribution is 4.88. The largest absolute Gasteiger partial charge is 0.396 e. The molecule has 0 spiro atoms. The maximum atomic E-state index is 9.42. The van der Waals surface area contributed by atoms with Crippen LogP contribution in [0.25, 0.3) is 0 Å². The van der Waals surface area contributed by atoms with E-state index in [0.29, 0.717) is 6.61 Å². The second-order valence-corrected chi connectivity index (χ2v) is 5.08. The van der Waals surface area contributed by atoms with Crippen molar-refractivity contribution in [3.05, 3.63) is 0 Å². The van der Waals surface area contributed by atoms with Crippen LogP contribution in [0.5, 0.6) is 0 Å². The van der Waals surface area contributed by atoms with Gasteiger partial charge < -0.3 is 10.0 Å². The maximum Gasteiger partial charge on any atom is 0.0500 e. The van der Waals surface area contributed by atoms with Gasteiger partial charge >= 0.3 is 0 Å². The van der Waals surface area contributed by atoms with Crippen LogP contribution in [-0.2, 0) is 0 Å². The molecule has 0 aromatic rings. The minimum atomic E-state index is 0.221. The van der Waals surface area contributed by atoms with E-state index in [4.69, 9.17) is 0 Å². The van der Waals surface area contributed by atoms with E-state index in [9.17, 15) is 5.11 Å². The van der Waals surface area contributed by atoms with E-state index >= 15 is 0 Å². The summed E-state index contributed by atoms with van der Waals surface area (Å²) in [6.07, 6.45) is 3.60. The molecule has 0 aromatic carbocycles. The third-order valence-corrected chi connectivity index (χ3v) is 3.22. The first kappa shape index (κ1) is 11.0. The summed E-state index contributed by atoms with van der Waals surface area (Å²) in [7, 11) is 2.15. The summed E-state index contributed by atoms with van der Waals surface area (Å²) < 4.78 is 0. The summed E-state index contributed by atoms with van der Waals surface area (Å²) in [4.78, 5) is 2.33. The number of aliphatic hydroxyl groups is 1. The Labute approximate surface area is 81.9 Å². The second kappa shape index (κ2) is 4.43. The molecule has 1 atom stereocenters. The minimum Gasteiger partial charge on any atom is -0.396 e. The third-order valence-electron chi connectivity index (χ3n) is 3.22. The predicted octanol–water partition coefficient (Wildman–Crippen LogP) is 1.74. The zero-order valence-corrected chi connectivity index (χ0v) is 9.21. The SMILES string of the molecule is CC(C)CCC1(CO)CCN(C)C1. The molecule has 0 saturated carbocycles. The van der Waals surface area contributed by atoms with Crippen molar-refractivity contribution in [1.29, 1.82) is 0 Å². The van der Waals surface area contributed by atoms with Crippen LogP contribution in [-0.4, -0.2) is 36.8 Å². The molecule has 0 bridgehead atoms. The molecular formula is C11H23NO. The van der Waals surface area contributed by atoms with E-state index < -0.39 is 0 Å². The van der Waals surface area contributed by atoms with E-state index in [2.05, 4.69) is 25.8 Å². The summed E-state index contributed by atoms with van der Waals surface area (Å²) >= 11 is 0. The van der Waals surface area contributed by atoms with Crippen molar-refractivity contribution in [2.75, 3.05) is 26.7 Å². The van der Waals surface area contributed by atoms with Crippen molar-refractivity contribution in [3.63, 3.8) is 0 Å². The zero-order valence-electron chi connectivity index (χ0n) is 9.21. The van der Waals surface area contributed by atoms with Crippen LogP contribution in [0.1, 0.15) is 33.1 Å². The van der Waals surface area contributed by atoms with Gasteiger partial charge in [-0.05, 0) is 32.4 Å². The summed E-state index contributed by atoms with van der Waals surface area (Å²) in [5, 5.41) is 9.42. The third kappa shape index (κ3) is 2.96. The van der Waals surface area contributed by atoms with Gasteiger partial charge in [0.25, 0.3) is 0 Å². The highest BCUT2D eigenvalue weighted by Crippen LogP contribution is 2.34. The van der Waals surface area contributed by atoms with Crippen LogP contribution in [0.4, 0.5) is 0 Å². The van der Waals surface area contributed by atoms with Gasteiger partial charge in [-0.3, -0.25) is 0 Å². The van der Waals surface area contributed by atoms with Gasteiger partial charge in [0, 0.05) is 18.6 Å². The Balaban J connectivity index is 2.41. The van der Waals surface area contributed by atoms with E-state index in [1.54, 1.807) is 0 Å². The van der Waals surface area contributed by atoms with Gasteiger partial charge in [-0.1, -0.05) is 20.3 Å². The molecule has 1 aliphatic heterocycles. The fourth-order valence-electron chi connectivity index (χ4n) is 2.17. The quantitative estimate of drug-likeness (QED) is 0.721. The normalized spacial score (nSPS) is 30.2. The van der Waals surface area contributed by atoms with Gasteiger partial charge in [0.05, 0.1) is 0 Å². The summed E-state index contributed by atoms with van der Waals surface area (Å²) in [5.41, 5.74) is 0.221. The van der Waals surface area contributed by atoms with Crippen LogP contribution in [0.3, 0.4) is 0 Å². The molecule has 2 nitrogen and oxygen atoms in total. The van der Waals surface area contributed by atoms with Crippen molar-refractivity contribution in [2.45, 2.75) is 33.1 Å².